The second-order valence-electron chi connectivity index (χ2n) is 5.12. The molecule has 0 spiro atoms. The number of nitrogen functional groups attached to an aromatic ring is 2. The first-order valence-electron chi connectivity index (χ1n) is 6.95. The van der Waals surface area contributed by atoms with Crippen molar-refractivity contribution in [2.45, 2.75) is 19.3 Å². The molecule has 0 atom stereocenters. The molecule has 0 bridgehead atoms. The lowest BCUT2D eigenvalue weighted by Crippen LogP contribution is -2.22. The predicted octanol–water partition coefficient (Wildman–Crippen LogP) is 1.83. The Balaban J connectivity index is 1.92. The smallest absolute Gasteiger partial charge is 0.157 e. The molecule has 1 aromatic carbocycles. The molecule has 5 nitrogen and oxygen atoms in total. The summed E-state index contributed by atoms with van der Waals surface area (Å²) in [6.07, 6.45) is 3.03. The highest BCUT2D eigenvalue weighted by Gasteiger charge is 2.19. The molecule has 20 heavy (non-hydrogen) atoms. The molecule has 0 radical (unpaired) electrons. The largest absolute Gasteiger partial charge is 0.393 e. The van der Waals surface area contributed by atoms with E-state index >= 15 is 0 Å². The first-order valence-corrected chi connectivity index (χ1v) is 6.95. The summed E-state index contributed by atoms with van der Waals surface area (Å²) in [7, 11) is 0. The molecule has 2 heterocycles. The van der Waals surface area contributed by atoms with E-state index < -0.39 is 0 Å². The molecule has 0 amide bonds. The molecule has 2 aromatic rings. The van der Waals surface area contributed by atoms with E-state index in [9.17, 15) is 0 Å². The molecular weight excluding hydrogens is 250 g/mol. The fraction of sp³-hybridized carbons (Fsp3) is 0.333. The lowest BCUT2D eigenvalue weighted by Gasteiger charge is -2.19. The van der Waals surface area contributed by atoms with Gasteiger partial charge in [-0.25, -0.2) is 9.97 Å². The third-order valence-corrected chi connectivity index (χ3v) is 3.61. The first-order chi connectivity index (χ1) is 9.74. The van der Waals surface area contributed by atoms with E-state index in [0.717, 1.165) is 24.7 Å². The van der Waals surface area contributed by atoms with Crippen LogP contribution in [0, 0.1) is 0 Å². The fourth-order valence-corrected chi connectivity index (χ4v) is 2.55. The molecule has 0 unspecified atom stereocenters. The van der Waals surface area contributed by atoms with Crippen LogP contribution in [-0.2, 0) is 6.42 Å². The minimum absolute atomic E-state index is 0.382. The van der Waals surface area contributed by atoms with E-state index in [1.54, 1.807) is 0 Å². The number of hydrogen-bond donors (Lipinski definition) is 2. The van der Waals surface area contributed by atoms with Gasteiger partial charge >= 0.3 is 0 Å². The number of aromatic nitrogens is 2. The van der Waals surface area contributed by atoms with Crippen LogP contribution in [0.3, 0.4) is 0 Å². The Bertz CT molecular complexity index is 591. The van der Waals surface area contributed by atoms with Gasteiger partial charge in [0.1, 0.15) is 11.5 Å². The molecule has 3 rings (SSSR count). The van der Waals surface area contributed by atoms with Crippen molar-refractivity contribution >= 4 is 17.3 Å². The van der Waals surface area contributed by atoms with Crippen molar-refractivity contribution in [3.8, 4) is 0 Å². The summed E-state index contributed by atoms with van der Waals surface area (Å²) in [5.41, 5.74) is 13.6. The standard InChI is InChI=1S/C15H19N5/c16-13-14(17)18-12(10-11-6-2-1-3-7-11)19-15(13)20-8-4-5-9-20/h1-3,6-7H,4-5,8-10,16H2,(H2,17,18,19). The van der Waals surface area contributed by atoms with E-state index in [2.05, 4.69) is 27.0 Å². The van der Waals surface area contributed by atoms with E-state index in [-0.39, 0.29) is 0 Å². The maximum Gasteiger partial charge on any atom is 0.157 e. The maximum atomic E-state index is 6.03. The fourth-order valence-electron chi connectivity index (χ4n) is 2.55. The van der Waals surface area contributed by atoms with Crippen molar-refractivity contribution in [2.75, 3.05) is 29.5 Å². The van der Waals surface area contributed by atoms with E-state index in [0.29, 0.717) is 17.9 Å². The number of anilines is 3. The number of nitrogens with zero attached hydrogens (tertiary/aromatic N) is 3. The topological polar surface area (TPSA) is 81.1 Å². The Kier molecular flexibility index (Phi) is 3.41. The van der Waals surface area contributed by atoms with Crippen molar-refractivity contribution in [2.24, 2.45) is 0 Å². The zero-order valence-electron chi connectivity index (χ0n) is 11.4. The highest BCUT2D eigenvalue weighted by Crippen LogP contribution is 2.28. The Morgan fingerprint density at radius 1 is 1.00 bits per heavy atom. The van der Waals surface area contributed by atoms with Gasteiger partial charge in [-0.2, -0.15) is 0 Å². The van der Waals surface area contributed by atoms with Gasteiger partial charge in [0.25, 0.3) is 0 Å². The number of hydrogen-bond acceptors (Lipinski definition) is 5. The maximum absolute atomic E-state index is 6.03. The van der Waals surface area contributed by atoms with Gasteiger partial charge in [0.05, 0.1) is 0 Å². The van der Waals surface area contributed by atoms with E-state index in [1.165, 1.54) is 18.4 Å². The van der Waals surface area contributed by atoms with Crippen LogP contribution >= 0.6 is 0 Å². The second kappa shape index (κ2) is 5.36. The highest BCUT2D eigenvalue weighted by atomic mass is 15.2. The molecule has 0 saturated carbocycles. The van der Waals surface area contributed by atoms with Crippen molar-refractivity contribution in [1.29, 1.82) is 0 Å². The summed E-state index contributed by atoms with van der Waals surface area (Å²) >= 11 is 0. The normalized spacial score (nSPS) is 14.7. The van der Waals surface area contributed by atoms with Crippen LogP contribution in [0.2, 0.25) is 0 Å². The monoisotopic (exact) mass is 269 g/mol. The zero-order valence-corrected chi connectivity index (χ0v) is 11.4. The van der Waals surface area contributed by atoms with Crippen LogP contribution in [-0.4, -0.2) is 23.1 Å². The average Bonchev–Trinajstić information content (AvgIpc) is 2.98. The van der Waals surface area contributed by atoms with E-state index in [1.807, 2.05) is 18.2 Å². The third kappa shape index (κ3) is 2.52. The van der Waals surface area contributed by atoms with Gasteiger partial charge < -0.3 is 16.4 Å². The molecule has 5 heteroatoms. The number of nitrogens with two attached hydrogens (primary N) is 2. The number of rotatable bonds is 3. The zero-order chi connectivity index (χ0) is 13.9. The molecular formula is C15H19N5. The van der Waals surface area contributed by atoms with E-state index in [4.69, 9.17) is 11.5 Å². The molecule has 1 fully saturated rings. The predicted molar refractivity (Wildman–Crippen MR) is 81.6 cm³/mol. The van der Waals surface area contributed by atoms with Crippen LogP contribution in [0.15, 0.2) is 30.3 Å². The van der Waals surface area contributed by atoms with Gasteiger partial charge in [-0.3, -0.25) is 0 Å². The van der Waals surface area contributed by atoms with Gasteiger partial charge in [-0.15, -0.1) is 0 Å². The molecule has 1 aliphatic heterocycles. The van der Waals surface area contributed by atoms with Crippen LogP contribution in [0.1, 0.15) is 24.2 Å². The van der Waals surface area contributed by atoms with Crippen LogP contribution in [0.25, 0.3) is 0 Å². The Labute approximate surface area is 118 Å². The summed E-state index contributed by atoms with van der Waals surface area (Å²) in [5, 5.41) is 0. The van der Waals surface area contributed by atoms with Crippen molar-refractivity contribution in [3.63, 3.8) is 0 Å². The van der Waals surface area contributed by atoms with Gasteiger partial charge in [0.15, 0.2) is 11.6 Å². The van der Waals surface area contributed by atoms with Crippen molar-refractivity contribution < 1.29 is 0 Å². The van der Waals surface area contributed by atoms with Gasteiger partial charge in [0.2, 0.25) is 0 Å². The summed E-state index contributed by atoms with van der Waals surface area (Å²) in [4.78, 5) is 11.1. The Morgan fingerprint density at radius 2 is 1.70 bits per heavy atom. The van der Waals surface area contributed by atoms with Gasteiger partial charge in [-0.05, 0) is 18.4 Å². The Morgan fingerprint density at radius 3 is 2.40 bits per heavy atom. The molecule has 0 aliphatic carbocycles. The van der Waals surface area contributed by atoms with Crippen LogP contribution < -0.4 is 16.4 Å². The van der Waals surface area contributed by atoms with Crippen LogP contribution in [0.4, 0.5) is 17.3 Å². The van der Waals surface area contributed by atoms with Gasteiger partial charge in [-0.1, -0.05) is 30.3 Å². The minimum Gasteiger partial charge on any atom is -0.393 e. The first kappa shape index (κ1) is 12.7. The number of benzene rings is 1. The third-order valence-electron chi connectivity index (χ3n) is 3.61. The Hall–Kier alpha value is -2.30. The second-order valence-corrected chi connectivity index (χ2v) is 5.12. The summed E-state index contributed by atoms with van der Waals surface area (Å²) in [6, 6.07) is 10.1. The SMILES string of the molecule is Nc1nc(Cc2ccccc2)nc(N2CCCC2)c1N. The molecule has 1 aromatic heterocycles. The molecule has 1 saturated heterocycles. The lowest BCUT2D eigenvalue weighted by atomic mass is 10.1. The minimum atomic E-state index is 0.382. The summed E-state index contributed by atoms with van der Waals surface area (Å²) in [6.45, 7) is 1.98. The average molecular weight is 269 g/mol. The highest BCUT2D eigenvalue weighted by molar-refractivity contribution is 5.73. The molecule has 104 valence electrons. The lowest BCUT2D eigenvalue weighted by molar-refractivity contribution is 0.896. The van der Waals surface area contributed by atoms with Crippen molar-refractivity contribution in [1.82, 2.24) is 9.97 Å². The van der Waals surface area contributed by atoms with Crippen molar-refractivity contribution in [3.05, 3.63) is 41.7 Å². The molecule has 4 N–H and O–H groups in total. The summed E-state index contributed by atoms with van der Waals surface area (Å²) in [5.74, 6) is 1.90. The van der Waals surface area contributed by atoms with Gasteiger partial charge in [0, 0.05) is 19.5 Å². The molecule has 1 aliphatic rings. The van der Waals surface area contributed by atoms with Crippen LogP contribution in [0.5, 0.6) is 0 Å². The summed E-state index contributed by atoms with van der Waals surface area (Å²) < 4.78 is 0. The quantitative estimate of drug-likeness (QED) is 0.888.